The molecule has 1 aliphatic rings. The Kier molecular flexibility index (Phi) is 5.88. The standard InChI is InChI=1S/C13H17F3N2O2S.ClH/c1-9-2-3-11(13(14,15)16)6-12(9)21(19,20)18-5-4-10(7-17)8-18;/h2-3,6,10H,4-5,7-8,17H2,1H3;1H. The molecule has 0 radical (unpaired) electrons. The van der Waals surface area contributed by atoms with E-state index in [9.17, 15) is 21.6 Å². The number of halogens is 4. The molecule has 1 saturated heterocycles. The number of hydrogen-bond acceptors (Lipinski definition) is 3. The summed E-state index contributed by atoms with van der Waals surface area (Å²) in [5, 5.41) is 0. The summed E-state index contributed by atoms with van der Waals surface area (Å²) in [4.78, 5) is -0.282. The molecule has 0 bridgehead atoms. The summed E-state index contributed by atoms with van der Waals surface area (Å²) < 4.78 is 64.5. The van der Waals surface area contributed by atoms with Crippen LogP contribution in [0.1, 0.15) is 17.5 Å². The van der Waals surface area contributed by atoms with E-state index in [4.69, 9.17) is 5.73 Å². The second-order valence-corrected chi connectivity index (χ2v) is 7.14. The summed E-state index contributed by atoms with van der Waals surface area (Å²) in [5.41, 5.74) is 4.87. The Balaban J connectivity index is 0.00000242. The zero-order valence-corrected chi connectivity index (χ0v) is 13.6. The van der Waals surface area contributed by atoms with Gasteiger partial charge in [0.1, 0.15) is 0 Å². The topological polar surface area (TPSA) is 63.4 Å². The number of alkyl halides is 3. The van der Waals surface area contributed by atoms with Gasteiger partial charge in [0.25, 0.3) is 0 Å². The summed E-state index contributed by atoms with van der Waals surface area (Å²) in [6, 6.07) is 2.79. The molecule has 1 atom stereocenters. The molecule has 1 fully saturated rings. The Hall–Kier alpha value is -0.830. The first-order chi connectivity index (χ1) is 9.66. The second-order valence-electron chi connectivity index (χ2n) is 5.23. The predicted octanol–water partition coefficient (Wildman–Crippen LogP) is 2.40. The third-order valence-electron chi connectivity index (χ3n) is 3.72. The van der Waals surface area contributed by atoms with Crippen LogP contribution >= 0.6 is 12.4 Å². The molecular weight excluding hydrogens is 341 g/mol. The molecule has 0 spiro atoms. The highest BCUT2D eigenvalue weighted by Crippen LogP contribution is 2.33. The van der Waals surface area contributed by atoms with Crippen LogP contribution in [0.25, 0.3) is 0 Å². The fourth-order valence-electron chi connectivity index (χ4n) is 2.40. The van der Waals surface area contributed by atoms with Crippen LogP contribution in [0.3, 0.4) is 0 Å². The average Bonchev–Trinajstić information content (AvgIpc) is 2.87. The lowest BCUT2D eigenvalue weighted by atomic mass is 10.1. The van der Waals surface area contributed by atoms with Crippen molar-refractivity contribution in [3.05, 3.63) is 29.3 Å². The Morgan fingerprint density at radius 3 is 2.50 bits per heavy atom. The van der Waals surface area contributed by atoms with E-state index in [-0.39, 0.29) is 29.8 Å². The summed E-state index contributed by atoms with van der Waals surface area (Å²) in [5.74, 6) is 0.0610. The van der Waals surface area contributed by atoms with Crippen molar-refractivity contribution in [2.75, 3.05) is 19.6 Å². The minimum Gasteiger partial charge on any atom is -0.330 e. The number of nitrogens with two attached hydrogens (primary N) is 1. The molecule has 0 saturated carbocycles. The Morgan fingerprint density at radius 2 is 2.00 bits per heavy atom. The fourth-order valence-corrected chi connectivity index (χ4v) is 4.18. The zero-order chi connectivity index (χ0) is 15.8. The number of benzene rings is 1. The van der Waals surface area contributed by atoms with Gasteiger partial charge in [0, 0.05) is 13.1 Å². The second kappa shape index (κ2) is 6.74. The molecule has 0 amide bonds. The van der Waals surface area contributed by atoms with Crippen molar-refractivity contribution in [1.82, 2.24) is 4.31 Å². The van der Waals surface area contributed by atoms with Crippen molar-refractivity contribution in [2.45, 2.75) is 24.4 Å². The van der Waals surface area contributed by atoms with Gasteiger partial charge in [-0.25, -0.2) is 8.42 Å². The van der Waals surface area contributed by atoms with Gasteiger partial charge in [-0.2, -0.15) is 17.5 Å². The van der Waals surface area contributed by atoms with Crippen molar-refractivity contribution >= 4 is 22.4 Å². The minimum atomic E-state index is -4.57. The first kappa shape index (κ1) is 19.2. The van der Waals surface area contributed by atoms with Gasteiger partial charge >= 0.3 is 6.18 Å². The lowest BCUT2D eigenvalue weighted by molar-refractivity contribution is -0.137. The van der Waals surface area contributed by atoms with Crippen LogP contribution in [-0.2, 0) is 16.2 Å². The third kappa shape index (κ3) is 3.73. The molecule has 1 unspecified atom stereocenters. The molecule has 2 N–H and O–H groups in total. The van der Waals surface area contributed by atoms with Gasteiger partial charge in [-0.05, 0) is 43.5 Å². The maximum Gasteiger partial charge on any atom is 0.416 e. The average molecular weight is 359 g/mol. The molecule has 22 heavy (non-hydrogen) atoms. The molecule has 1 aromatic carbocycles. The van der Waals surface area contributed by atoms with Crippen LogP contribution < -0.4 is 5.73 Å². The van der Waals surface area contributed by atoms with Crippen LogP contribution in [0.2, 0.25) is 0 Å². The summed E-state index contributed by atoms with van der Waals surface area (Å²) >= 11 is 0. The van der Waals surface area contributed by atoms with Gasteiger partial charge in [0.05, 0.1) is 10.5 Å². The molecule has 9 heteroatoms. The highest BCUT2D eigenvalue weighted by Gasteiger charge is 2.36. The molecule has 1 aromatic rings. The van der Waals surface area contributed by atoms with Gasteiger partial charge in [-0.15, -0.1) is 12.4 Å². The van der Waals surface area contributed by atoms with Gasteiger partial charge in [0.2, 0.25) is 10.0 Å². The molecule has 4 nitrogen and oxygen atoms in total. The quantitative estimate of drug-likeness (QED) is 0.902. The SMILES string of the molecule is Cc1ccc(C(F)(F)F)cc1S(=O)(=O)N1CCC(CN)C1.Cl. The normalized spacial score (nSPS) is 20.0. The van der Waals surface area contributed by atoms with Crippen LogP contribution in [-0.4, -0.2) is 32.4 Å². The highest BCUT2D eigenvalue weighted by molar-refractivity contribution is 7.89. The molecule has 0 aromatic heterocycles. The first-order valence-electron chi connectivity index (χ1n) is 6.54. The highest BCUT2D eigenvalue weighted by atomic mass is 35.5. The van der Waals surface area contributed by atoms with E-state index in [2.05, 4.69) is 0 Å². The summed E-state index contributed by atoms with van der Waals surface area (Å²) in [7, 11) is -3.92. The van der Waals surface area contributed by atoms with Crippen molar-refractivity contribution in [1.29, 1.82) is 0 Å². The van der Waals surface area contributed by atoms with E-state index in [1.807, 2.05) is 0 Å². The summed E-state index contributed by atoms with van der Waals surface area (Å²) in [6.45, 7) is 2.41. The maximum atomic E-state index is 12.8. The maximum absolute atomic E-state index is 12.8. The van der Waals surface area contributed by atoms with E-state index in [0.29, 0.717) is 31.1 Å². The monoisotopic (exact) mass is 358 g/mol. The predicted molar refractivity (Wildman–Crippen MR) is 79.3 cm³/mol. The Morgan fingerprint density at radius 1 is 1.36 bits per heavy atom. The van der Waals surface area contributed by atoms with E-state index < -0.39 is 21.8 Å². The molecule has 0 aliphatic carbocycles. The van der Waals surface area contributed by atoms with Crippen molar-refractivity contribution < 1.29 is 21.6 Å². The number of sulfonamides is 1. The van der Waals surface area contributed by atoms with Crippen molar-refractivity contribution in [3.8, 4) is 0 Å². The number of rotatable bonds is 3. The minimum absolute atomic E-state index is 0. The van der Waals surface area contributed by atoms with Gasteiger partial charge in [0.15, 0.2) is 0 Å². The van der Waals surface area contributed by atoms with Crippen LogP contribution in [0, 0.1) is 12.8 Å². The van der Waals surface area contributed by atoms with Crippen LogP contribution in [0.4, 0.5) is 13.2 Å². The zero-order valence-electron chi connectivity index (χ0n) is 11.9. The smallest absolute Gasteiger partial charge is 0.330 e. The number of hydrogen-bond donors (Lipinski definition) is 1. The Bertz CT molecular complexity index is 635. The lowest BCUT2D eigenvalue weighted by Crippen LogP contribution is -2.30. The number of nitrogens with zero attached hydrogens (tertiary/aromatic N) is 1. The van der Waals surface area contributed by atoms with Crippen molar-refractivity contribution in [3.63, 3.8) is 0 Å². The largest absolute Gasteiger partial charge is 0.416 e. The van der Waals surface area contributed by atoms with E-state index in [0.717, 1.165) is 6.07 Å². The molecule has 1 heterocycles. The molecular formula is C13H18ClF3N2O2S. The molecule has 126 valence electrons. The third-order valence-corrected chi connectivity index (χ3v) is 5.72. The molecule has 2 rings (SSSR count). The number of aryl methyl sites for hydroxylation is 1. The Labute approximate surface area is 133 Å². The fraction of sp³-hybridized carbons (Fsp3) is 0.538. The lowest BCUT2D eigenvalue weighted by Gasteiger charge is -2.19. The van der Waals surface area contributed by atoms with Crippen molar-refractivity contribution in [2.24, 2.45) is 11.7 Å². The van der Waals surface area contributed by atoms with E-state index in [1.54, 1.807) is 0 Å². The van der Waals surface area contributed by atoms with Gasteiger partial charge in [-0.3, -0.25) is 0 Å². The van der Waals surface area contributed by atoms with E-state index >= 15 is 0 Å². The van der Waals surface area contributed by atoms with Gasteiger partial charge in [-0.1, -0.05) is 6.07 Å². The van der Waals surface area contributed by atoms with E-state index in [1.165, 1.54) is 17.3 Å². The van der Waals surface area contributed by atoms with Crippen LogP contribution in [0.15, 0.2) is 23.1 Å². The van der Waals surface area contributed by atoms with Crippen LogP contribution in [0.5, 0.6) is 0 Å². The van der Waals surface area contributed by atoms with Gasteiger partial charge < -0.3 is 5.73 Å². The summed E-state index contributed by atoms with van der Waals surface area (Å²) in [6.07, 6.45) is -3.93. The first-order valence-corrected chi connectivity index (χ1v) is 7.98. The molecule has 1 aliphatic heterocycles.